The first kappa shape index (κ1) is 17.7. The van der Waals surface area contributed by atoms with Gasteiger partial charge in [-0.2, -0.15) is 0 Å². The smallest absolute Gasteiger partial charge is 0.0945 e. The number of hydrogen-bond acceptors (Lipinski definition) is 2. The van der Waals surface area contributed by atoms with E-state index in [-0.39, 0.29) is 0 Å². The third kappa shape index (κ3) is 7.47. The Morgan fingerprint density at radius 1 is 1.09 bits per heavy atom. The topological polar surface area (TPSA) is 27.1 Å². The minimum absolute atomic E-state index is 0.333. The van der Waals surface area contributed by atoms with Crippen molar-refractivity contribution in [1.29, 1.82) is 0 Å². The van der Waals surface area contributed by atoms with Gasteiger partial charge in [0.1, 0.15) is 0 Å². The third-order valence-corrected chi connectivity index (χ3v) is 4.22. The molecule has 2 aromatic rings. The van der Waals surface area contributed by atoms with Gasteiger partial charge in [0.05, 0.1) is 12.4 Å². The molecular formula is C20H30N2O. The van der Waals surface area contributed by atoms with E-state index < -0.39 is 0 Å². The molecule has 1 aromatic heterocycles. The Hall–Kier alpha value is -1.61. The molecule has 0 spiro atoms. The third-order valence-electron chi connectivity index (χ3n) is 4.22. The van der Waals surface area contributed by atoms with Crippen LogP contribution in [0.15, 0.2) is 49.1 Å². The molecule has 0 saturated heterocycles. The van der Waals surface area contributed by atoms with Crippen molar-refractivity contribution in [3.63, 3.8) is 0 Å². The lowest BCUT2D eigenvalue weighted by Gasteiger charge is -2.18. The van der Waals surface area contributed by atoms with E-state index in [2.05, 4.69) is 46.8 Å². The molecule has 0 N–H and O–H groups in total. The molecule has 0 radical (unpaired) electrons. The van der Waals surface area contributed by atoms with Crippen LogP contribution < -0.4 is 0 Å². The normalized spacial score (nSPS) is 12.4. The van der Waals surface area contributed by atoms with Crippen molar-refractivity contribution in [1.82, 2.24) is 9.55 Å². The standard InChI is InChI=1S/C20H30N2O/c1-2-3-4-8-17-23-20(13-15-22-16-14-21-18-22)12-11-19-9-6-5-7-10-19/h5-7,9-10,14,16,18,20H,2-4,8,11-13,15,17H2,1H3. The largest absolute Gasteiger partial charge is 0.378 e. The number of ether oxygens (including phenoxy) is 1. The van der Waals surface area contributed by atoms with Crippen molar-refractivity contribution in [2.24, 2.45) is 0 Å². The molecule has 2 rings (SSSR count). The van der Waals surface area contributed by atoms with Crippen molar-refractivity contribution in [3.8, 4) is 0 Å². The molecule has 0 aliphatic rings. The first-order chi connectivity index (χ1) is 11.4. The highest BCUT2D eigenvalue weighted by atomic mass is 16.5. The van der Waals surface area contributed by atoms with Crippen LogP contribution in [-0.2, 0) is 17.7 Å². The number of unbranched alkanes of at least 4 members (excludes halogenated alkanes) is 3. The van der Waals surface area contributed by atoms with E-state index in [0.717, 1.165) is 32.4 Å². The molecule has 0 bridgehead atoms. The fourth-order valence-corrected chi connectivity index (χ4v) is 2.77. The second kappa shape index (κ2) is 11.0. The molecule has 0 saturated carbocycles. The Labute approximate surface area is 140 Å². The highest BCUT2D eigenvalue weighted by Gasteiger charge is 2.10. The number of aromatic nitrogens is 2. The zero-order chi connectivity index (χ0) is 16.2. The van der Waals surface area contributed by atoms with Gasteiger partial charge in [-0.05, 0) is 31.2 Å². The molecule has 1 atom stereocenters. The van der Waals surface area contributed by atoms with Crippen LogP contribution in [0.25, 0.3) is 0 Å². The number of aryl methyl sites for hydroxylation is 2. The maximum atomic E-state index is 6.17. The minimum Gasteiger partial charge on any atom is -0.378 e. The number of hydrogen-bond donors (Lipinski definition) is 0. The molecule has 1 aromatic carbocycles. The lowest BCUT2D eigenvalue weighted by atomic mass is 10.0. The summed E-state index contributed by atoms with van der Waals surface area (Å²) in [7, 11) is 0. The molecule has 0 amide bonds. The average molecular weight is 314 g/mol. The van der Waals surface area contributed by atoms with Crippen LogP contribution >= 0.6 is 0 Å². The van der Waals surface area contributed by atoms with E-state index in [1.165, 1.54) is 31.2 Å². The van der Waals surface area contributed by atoms with Gasteiger partial charge >= 0.3 is 0 Å². The Bertz CT molecular complexity index is 496. The summed E-state index contributed by atoms with van der Waals surface area (Å²) in [5.41, 5.74) is 1.40. The highest BCUT2D eigenvalue weighted by Crippen LogP contribution is 2.13. The van der Waals surface area contributed by atoms with E-state index in [1.54, 1.807) is 0 Å². The van der Waals surface area contributed by atoms with Crippen molar-refractivity contribution >= 4 is 0 Å². The van der Waals surface area contributed by atoms with E-state index in [9.17, 15) is 0 Å². The Balaban J connectivity index is 1.75. The zero-order valence-electron chi connectivity index (χ0n) is 14.4. The minimum atomic E-state index is 0.333. The van der Waals surface area contributed by atoms with Gasteiger partial charge in [0.25, 0.3) is 0 Å². The number of benzene rings is 1. The van der Waals surface area contributed by atoms with Crippen LogP contribution in [0, 0.1) is 0 Å². The van der Waals surface area contributed by atoms with Gasteiger partial charge in [-0.1, -0.05) is 56.5 Å². The SMILES string of the molecule is CCCCCCOC(CCc1ccccc1)CCn1ccnc1. The molecule has 1 heterocycles. The fourth-order valence-electron chi connectivity index (χ4n) is 2.77. The second-order valence-electron chi connectivity index (χ2n) is 6.17. The van der Waals surface area contributed by atoms with Crippen LogP contribution in [0.5, 0.6) is 0 Å². The summed E-state index contributed by atoms with van der Waals surface area (Å²) < 4.78 is 8.31. The van der Waals surface area contributed by atoms with Gasteiger partial charge in [-0.25, -0.2) is 4.98 Å². The second-order valence-corrected chi connectivity index (χ2v) is 6.17. The van der Waals surface area contributed by atoms with Gasteiger partial charge in [0.15, 0.2) is 0 Å². The van der Waals surface area contributed by atoms with E-state index >= 15 is 0 Å². The number of imidazole rings is 1. The monoisotopic (exact) mass is 314 g/mol. The first-order valence-corrected chi connectivity index (χ1v) is 8.99. The maximum Gasteiger partial charge on any atom is 0.0945 e. The van der Waals surface area contributed by atoms with Crippen molar-refractivity contribution in [2.45, 2.75) is 64.5 Å². The Morgan fingerprint density at radius 3 is 2.70 bits per heavy atom. The summed E-state index contributed by atoms with van der Waals surface area (Å²) in [6.45, 7) is 4.12. The fraction of sp³-hybridized carbons (Fsp3) is 0.550. The van der Waals surface area contributed by atoms with Crippen molar-refractivity contribution < 1.29 is 4.74 Å². The highest BCUT2D eigenvalue weighted by molar-refractivity contribution is 5.14. The van der Waals surface area contributed by atoms with Crippen LogP contribution in [-0.4, -0.2) is 22.3 Å². The Morgan fingerprint density at radius 2 is 1.96 bits per heavy atom. The summed E-state index contributed by atoms with van der Waals surface area (Å²) in [6.07, 6.45) is 14.4. The number of rotatable bonds is 12. The summed E-state index contributed by atoms with van der Waals surface area (Å²) in [5, 5.41) is 0. The van der Waals surface area contributed by atoms with Gasteiger partial charge < -0.3 is 9.30 Å². The van der Waals surface area contributed by atoms with Gasteiger partial charge in [0.2, 0.25) is 0 Å². The van der Waals surface area contributed by atoms with Gasteiger partial charge in [0, 0.05) is 25.5 Å². The van der Waals surface area contributed by atoms with Gasteiger partial charge in [-0.15, -0.1) is 0 Å². The van der Waals surface area contributed by atoms with Crippen LogP contribution in [0.2, 0.25) is 0 Å². The predicted molar refractivity (Wildman–Crippen MR) is 95.5 cm³/mol. The average Bonchev–Trinajstić information content (AvgIpc) is 3.11. The number of nitrogens with zero attached hydrogens (tertiary/aromatic N) is 2. The molecule has 3 nitrogen and oxygen atoms in total. The lowest BCUT2D eigenvalue weighted by Crippen LogP contribution is -2.17. The lowest BCUT2D eigenvalue weighted by molar-refractivity contribution is 0.0366. The molecule has 0 aliphatic carbocycles. The van der Waals surface area contributed by atoms with E-state index in [1.807, 2.05) is 18.7 Å². The maximum absolute atomic E-state index is 6.17. The van der Waals surface area contributed by atoms with E-state index in [4.69, 9.17) is 4.74 Å². The predicted octanol–water partition coefficient (Wildman–Crippen LogP) is 4.87. The van der Waals surface area contributed by atoms with Crippen molar-refractivity contribution in [3.05, 3.63) is 54.6 Å². The molecule has 0 aliphatic heterocycles. The van der Waals surface area contributed by atoms with Gasteiger partial charge in [-0.3, -0.25) is 0 Å². The summed E-state index contributed by atoms with van der Waals surface area (Å²) in [4.78, 5) is 4.11. The quantitative estimate of drug-likeness (QED) is 0.523. The van der Waals surface area contributed by atoms with Crippen LogP contribution in [0.1, 0.15) is 51.0 Å². The van der Waals surface area contributed by atoms with Crippen LogP contribution in [0.4, 0.5) is 0 Å². The molecule has 0 fully saturated rings. The molecule has 23 heavy (non-hydrogen) atoms. The summed E-state index contributed by atoms with van der Waals surface area (Å²) in [6, 6.07) is 10.7. The van der Waals surface area contributed by atoms with E-state index in [0.29, 0.717) is 6.10 Å². The Kier molecular flexibility index (Phi) is 8.49. The molecule has 1 unspecified atom stereocenters. The first-order valence-electron chi connectivity index (χ1n) is 8.99. The molecular weight excluding hydrogens is 284 g/mol. The molecule has 3 heteroatoms. The zero-order valence-corrected chi connectivity index (χ0v) is 14.4. The summed E-state index contributed by atoms with van der Waals surface area (Å²) >= 11 is 0. The summed E-state index contributed by atoms with van der Waals surface area (Å²) in [5.74, 6) is 0. The van der Waals surface area contributed by atoms with Crippen LogP contribution in [0.3, 0.4) is 0 Å². The molecule has 126 valence electrons. The van der Waals surface area contributed by atoms with Crippen molar-refractivity contribution in [2.75, 3.05) is 6.61 Å².